The first-order valence-corrected chi connectivity index (χ1v) is 5.90. The van der Waals surface area contributed by atoms with Crippen LogP contribution in [0.3, 0.4) is 0 Å². The van der Waals surface area contributed by atoms with E-state index in [-0.39, 0.29) is 5.56 Å². The van der Waals surface area contributed by atoms with Gasteiger partial charge in [-0.1, -0.05) is 19.1 Å². The number of amides is 1. The van der Waals surface area contributed by atoms with Crippen LogP contribution in [0.2, 0.25) is 0 Å². The second kappa shape index (κ2) is 5.97. The summed E-state index contributed by atoms with van der Waals surface area (Å²) in [6, 6.07) is 10.8. The van der Waals surface area contributed by atoms with Crippen LogP contribution < -0.4 is 10.2 Å². The molecule has 0 unspecified atom stereocenters. The zero-order valence-corrected chi connectivity index (χ0v) is 10.5. The molecule has 5 nitrogen and oxygen atoms in total. The van der Waals surface area contributed by atoms with E-state index in [2.05, 4.69) is 11.9 Å². The van der Waals surface area contributed by atoms with Gasteiger partial charge in [-0.25, -0.2) is 10.5 Å². The molecular weight excluding hydrogens is 244 g/mol. The number of carbonyl (C=O) groups excluding carboxylic acids is 1. The molecule has 0 aliphatic carbocycles. The molecule has 0 bridgehead atoms. The molecule has 2 rings (SSSR count). The molecule has 98 valence electrons. The van der Waals surface area contributed by atoms with Gasteiger partial charge in [0.05, 0.1) is 5.56 Å². The number of rotatable bonds is 4. The first-order valence-electron chi connectivity index (χ1n) is 5.90. The van der Waals surface area contributed by atoms with Crippen LogP contribution in [0.15, 0.2) is 42.6 Å². The highest BCUT2D eigenvalue weighted by molar-refractivity contribution is 5.92. The fourth-order valence-electron chi connectivity index (χ4n) is 1.55. The highest BCUT2D eigenvalue weighted by atomic mass is 16.5. The molecule has 0 saturated carbocycles. The van der Waals surface area contributed by atoms with Crippen molar-refractivity contribution in [2.24, 2.45) is 0 Å². The maximum absolute atomic E-state index is 11.1. The number of hydrogen-bond donors (Lipinski definition) is 2. The van der Waals surface area contributed by atoms with E-state index in [0.717, 1.165) is 6.42 Å². The van der Waals surface area contributed by atoms with E-state index in [1.165, 1.54) is 17.8 Å². The number of nitrogens with one attached hydrogen (secondary N) is 1. The fourth-order valence-corrected chi connectivity index (χ4v) is 1.55. The first-order chi connectivity index (χ1) is 9.22. The molecule has 1 amide bonds. The van der Waals surface area contributed by atoms with Crippen LogP contribution in [-0.4, -0.2) is 16.1 Å². The van der Waals surface area contributed by atoms with E-state index in [9.17, 15) is 4.79 Å². The van der Waals surface area contributed by atoms with Gasteiger partial charge < -0.3 is 4.74 Å². The average Bonchev–Trinajstić information content (AvgIpc) is 2.48. The normalized spacial score (nSPS) is 10.0. The molecule has 0 saturated heterocycles. The molecule has 1 heterocycles. The fraction of sp³-hybridized carbons (Fsp3) is 0.143. The number of hydroxylamine groups is 1. The Morgan fingerprint density at radius 1 is 1.26 bits per heavy atom. The van der Waals surface area contributed by atoms with Gasteiger partial charge in [-0.3, -0.25) is 10.0 Å². The lowest BCUT2D eigenvalue weighted by Gasteiger charge is -2.06. The molecule has 5 heteroatoms. The molecule has 0 fully saturated rings. The third-order valence-corrected chi connectivity index (χ3v) is 2.65. The van der Waals surface area contributed by atoms with Crippen molar-refractivity contribution in [3.05, 3.63) is 53.7 Å². The van der Waals surface area contributed by atoms with Crippen molar-refractivity contribution in [1.29, 1.82) is 0 Å². The smallest absolute Gasteiger partial charge is 0.276 e. The van der Waals surface area contributed by atoms with Crippen LogP contribution >= 0.6 is 0 Å². The van der Waals surface area contributed by atoms with E-state index < -0.39 is 5.91 Å². The molecule has 1 aromatic heterocycles. The van der Waals surface area contributed by atoms with Crippen LogP contribution in [0.4, 0.5) is 0 Å². The van der Waals surface area contributed by atoms with Crippen molar-refractivity contribution in [3.8, 4) is 11.6 Å². The minimum atomic E-state index is -0.605. The Labute approximate surface area is 110 Å². The molecule has 0 atom stereocenters. The number of aromatic nitrogens is 1. The second-order valence-corrected chi connectivity index (χ2v) is 3.93. The number of carbonyl (C=O) groups is 1. The van der Waals surface area contributed by atoms with Gasteiger partial charge in [0, 0.05) is 12.3 Å². The van der Waals surface area contributed by atoms with Crippen LogP contribution in [-0.2, 0) is 6.42 Å². The van der Waals surface area contributed by atoms with Gasteiger partial charge in [-0.2, -0.15) is 0 Å². The Morgan fingerprint density at radius 3 is 2.53 bits per heavy atom. The minimum absolute atomic E-state index is 0.260. The number of benzene rings is 1. The minimum Gasteiger partial charge on any atom is -0.439 e. The predicted molar refractivity (Wildman–Crippen MR) is 69.4 cm³/mol. The summed E-state index contributed by atoms with van der Waals surface area (Å²) in [7, 11) is 0. The average molecular weight is 258 g/mol. The quantitative estimate of drug-likeness (QED) is 0.653. The van der Waals surface area contributed by atoms with E-state index >= 15 is 0 Å². The highest BCUT2D eigenvalue weighted by Gasteiger charge is 2.05. The molecular formula is C14H14N2O3. The Kier molecular flexibility index (Phi) is 4.10. The lowest BCUT2D eigenvalue weighted by molar-refractivity contribution is 0.0706. The van der Waals surface area contributed by atoms with E-state index in [0.29, 0.717) is 11.6 Å². The predicted octanol–water partition coefficient (Wildman–Crippen LogP) is 2.56. The summed E-state index contributed by atoms with van der Waals surface area (Å²) in [5.74, 6) is 0.467. The highest BCUT2D eigenvalue weighted by Crippen LogP contribution is 2.20. The van der Waals surface area contributed by atoms with Crippen LogP contribution in [0.25, 0.3) is 0 Å². The van der Waals surface area contributed by atoms with Crippen molar-refractivity contribution in [2.45, 2.75) is 13.3 Å². The number of ether oxygens (including phenoxy) is 1. The molecule has 1 aromatic carbocycles. The zero-order chi connectivity index (χ0) is 13.7. The summed E-state index contributed by atoms with van der Waals surface area (Å²) in [6.07, 6.45) is 2.31. The van der Waals surface area contributed by atoms with Gasteiger partial charge in [0.2, 0.25) is 5.88 Å². The molecule has 2 N–H and O–H groups in total. The topological polar surface area (TPSA) is 71.5 Å². The monoisotopic (exact) mass is 258 g/mol. The zero-order valence-electron chi connectivity index (χ0n) is 10.5. The molecule has 0 aliphatic rings. The van der Waals surface area contributed by atoms with Crippen molar-refractivity contribution in [2.75, 3.05) is 0 Å². The van der Waals surface area contributed by atoms with Crippen LogP contribution in [0.1, 0.15) is 22.8 Å². The largest absolute Gasteiger partial charge is 0.439 e. The SMILES string of the molecule is CCc1ccc(Oc2ccc(C(=O)NO)cn2)cc1. The molecule has 0 radical (unpaired) electrons. The van der Waals surface area contributed by atoms with Gasteiger partial charge in [0.25, 0.3) is 5.91 Å². The number of pyridine rings is 1. The van der Waals surface area contributed by atoms with Gasteiger partial charge in [-0.15, -0.1) is 0 Å². The summed E-state index contributed by atoms with van der Waals surface area (Å²) in [6.45, 7) is 2.09. The van der Waals surface area contributed by atoms with Gasteiger partial charge in [-0.05, 0) is 30.2 Å². The Balaban J connectivity index is 2.08. The summed E-state index contributed by atoms with van der Waals surface area (Å²) < 4.78 is 5.54. The molecule has 0 spiro atoms. The maximum Gasteiger partial charge on any atom is 0.276 e. The van der Waals surface area contributed by atoms with Crippen molar-refractivity contribution >= 4 is 5.91 Å². The third kappa shape index (κ3) is 3.29. The van der Waals surface area contributed by atoms with Gasteiger partial charge in [0.1, 0.15) is 5.75 Å². The van der Waals surface area contributed by atoms with Crippen LogP contribution in [0.5, 0.6) is 11.6 Å². The standard InChI is InChI=1S/C14H14N2O3/c1-2-10-3-6-12(7-4-10)19-13-8-5-11(9-15-13)14(17)16-18/h3-9,18H,2H2,1H3,(H,16,17). The van der Waals surface area contributed by atoms with Gasteiger partial charge in [0.15, 0.2) is 0 Å². The maximum atomic E-state index is 11.1. The number of hydrogen-bond acceptors (Lipinski definition) is 4. The van der Waals surface area contributed by atoms with Crippen molar-refractivity contribution in [3.63, 3.8) is 0 Å². The summed E-state index contributed by atoms with van der Waals surface area (Å²) in [5.41, 5.74) is 3.04. The third-order valence-electron chi connectivity index (χ3n) is 2.65. The van der Waals surface area contributed by atoms with Crippen molar-refractivity contribution < 1.29 is 14.7 Å². The molecule has 0 aliphatic heterocycles. The first kappa shape index (κ1) is 13.0. The summed E-state index contributed by atoms with van der Waals surface area (Å²) in [5, 5.41) is 8.48. The number of aryl methyl sites for hydroxylation is 1. The Hall–Kier alpha value is -2.40. The van der Waals surface area contributed by atoms with E-state index in [1.807, 2.05) is 24.3 Å². The Morgan fingerprint density at radius 2 is 2.00 bits per heavy atom. The molecule has 19 heavy (non-hydrogen) atoms. The number of nitrogens with zero attached hydrogens (tertiary/aromatic N) is 1. The van der Waals surface area contributed by atoms with E-state index in [1.54, 1.807) is 11.5 Å². The summed E-state index contributed by atoms with van der Waals surface area (Å²) in [4.78, 5) is 15.1. The lowest BCUT2D eigenvalue weighted by atomic mass is 10.2. The lowest BCUT2D eigenvalue weighted by Crippen LogP contribution is -2.18. The molecule has 2 aromatic rings. The second-order valence-electron chi connectivity index (χ2n) is 3.93. The van der Waals surface area contributed by atoms with E-state index in [4.69, 9.17) is 9.94 Å². The summed E-state index contributed by atoms with van der Waals surface area (Å²) >= 11 is 0. The van der Waals surface area contributed by atoms with Crippen molar-refractivity contribution in [1.82, 2.24) is 10.5 Å². The van der Waals surface area contributed by atoms with Gasteiger partial charge >= 0.3 is 0 Å². The Bertz CT molecular complexity index is 550. The van der Waals surface area contributed by atoms with Crippen LogP contribution in [0, 0.1) is 0 Å².